The van der Waals surface area contributed by atoms with Gasteiger partial charge in [-0.3, -0.25) is 0 Å². The molecule has 2 aromatic carbocycles. The summed E-state index contributed by atoms with van der Waals surface area (Å²) in [6, 6.07) is 15.2. The van der Waals surface area contributed by atoms with Crippen LogP contribution in [0.1, 0.15) is 22.5 Å². The smallest absolute Gasteiger partial charge is 0.218 e. The normalized spacial score (nSPS) is 11.9. The quantitative estimate of drug-likeness (QED) is 0.649. The molecule has 0 atom stereocenters. The van der Waals surface area contributed by atoms with Gasteiger partial charge in [0, 0.05) is 24.8 Å². The molecule has 0 bridgehead atoms. The van der Waals surface area contributed by atoms with E-state index >= 15 is 0 Å². The van der Waals surface area contributed by atoms with Crippen molar-refractivity contribution < 1.29 is 12.8 Å². The number of hydrogen-bond acceptors (Lipinski definition) is 3. The van der Waals surface area contributed by atoms with Crippen LogP contribution < -0.4 is 0 Å². The zero-order valence-corrected chi connectivity index (χ0v) is 16.4. The summed E-state index contributed by atoms with van der Waals surface area (Å²) in [5.41, 5.74) is 4.06. The van der Waals surface area contributed by atoms with Crippen molar-refractivity contribution in [3.05, 3.63) is 82.9 Å². The molecule has 0 N–H and O–H groups in total. The predicted molar refractivity (Wildman–Crippen MR) is 104 cm³/mol. The number of halogens is 1. The molecule has 5 nitrogen and oxygen atoms in total. The molecule has 0 unspecified atom stereocenters. The van der Waals surface area contributed by atoms with Gasteiger partial charge < -0.3 is 0 Å². The summed E-state index contributed by atoms with van der Waals surface area (Å²) in [7, 11) is -1.99. The van der Waals surface area contributed by atoms with Gasteiger partial charge in [-0.05, 0) is 43.7 Å². The number of para-hydroxylation sites is 1. The molecule has 1 heterocycles. The number of hydrogen-bond donors (Lipinski definition) is 0. The van der Waals surface area contributed by atoms with Crippen LogP contribution in [0.3, 0.4) is 0 Å². The number of aromatic nitrogens is 2. The highest BCUT2D eigenvalue weighted by Gasteiger charge is 2.22. The van der Waals surface area contributed by atoms with Crippen LogP contribution in [0.25, 0.3) is 5.69 Å². The number of sulfonamides is 1. The molecule has 1 aromatic heterocycles. The first-order valence-electron chi connectivity index (χ1n) is 8.57. The van der Waals surface area contributed by atoms with Crippen LogP contribution in [-0.2, 0) is 22.3 Å². The fourth-order valence-corrected chi connectivity index (χ4v) is 4.11. The number of aryl methyl sites for hydroxylation is 1. The Bertz CT molecular complexity index is 1030. The van der Waals surface area contributed by atoms with Crippen LogP contribution in [0, 0.1) is 19.7 Å². The van der Waals surface area contributed by atoms with Gasteiger partial charge in [-0.2, -0.15) is 5.10 Å². The van der Waals surface area contributed by atoms with Crippen molar-refractivity contribution in [2.45, 2.75) is 26.1 Å². The minimum Gasteiger partial charge on any atom is -0.238 e. The summed E-state index contributed by atoms with van der Waals surface area (Å²) in [4.78, 5) is 0. The van der Waals surface area contributed by atoms with E-state index in [0.717, 1.165) is 22.6 Å². The lowest BCUT2D eigenvalue weighted by Crippen LogP contribution is -2.28. The highest BCUT2D eigenvalue weighted by molar-refractivity contribution is 7.88. The van der Waals surface area contributed by atoms with Crippen LogP contribution in [0.2, 0.25) is 0 Å². The van der Waals surface area contributed by atoms with E-state index in [-0.39, 0.29) is 18.1 Å². The minimum atomic E-state index is -3.54. The molecule has 142 valence electrons. The highest BCUT2D eigenvalue weighted by Crippen LogP contribution is 2.21. The number of rotatable bonds is 6. The molecule has 0 aliphatic heterocycles. The number of nitrogens with zero attached hydrogens (tertiary/aromatic N) is 3. The number of benzene rings is 2. The van der Waals surface area contributed by atoms with Crippen molar-refractivity contribution in [3.8, 4) is 5.69 Å². The Morgan fingerprint density at radius 2 is 1.67 bits per heavy atom. The molecule has 0 spiro atoms. The zero-order chi connectivity index (χ0) is 19.6. The first kappa shape index (κ1) is 19.3. The van der Waals surface area contributed by atoms with Crippen LogP contribution in [0.15, 0.2) is 54.6 Å². The van der Waals surface area contributed by atoms with E-state index in [2.05, 4.69) is 5.10 Å². The molecule has 3 aromatic rings. The molecular formula is C20H22FN3O2S. The van der Waals surface area contributed by atoms with E-state index in [0.29, 0.717) is 5.56 Å². The van der Waals surface area contributed by atoms with Crippen molar-refractivity contribution in [3.63, 3.8) is 0 Å². The molecule has 0 saturated carbocycles. The van der Waals surface area contributed by atoms with E-state index in [1.807, 2.05) is 48.9 Å². The summed E-state index contributed by atoms with van der Waals surface area (Å²) >= 11 is 0. The summed E-state index contributed by atoms with van der Waals surface area (Å²) < 4.78 is 41.6. The van der Waals surface area contributed by atoms with Gasteiger partial charge in [-0.15, -0.1) is 0 Å². The maximum absolute atomic E-state index is 13.0. The fourth-order valence-electron chi connectivity index (χ4n) is 2.95. The van der Waals surface area contributed by atoms with E-state index in [4.69, 9.17) is 0 Å². The van der Waals surface area contributed by atoms with Crippen molar-refractivity contribution in [2.24, 2.45) is 0 Å². The Morgan fingerprint density at radius 1 is 1.04 bits per heavy atom. The second-order valence-electron chi connectivity index (χ2n) is 6.54. The van der Waals surface area contributed by atoms with Crippen LogP contribution >= 0.6 is 0 Å². The van der Waals surface area contributed by atoms with Crippen LogP contribution in [0.5, 0.6) is 0 Å². The average Bonchev–Trinajstić information content (AvgIpc) is 2.92. The Kier molecular flexibility index (Phi) is 5.43. The molecule has 0 aliphatic rings. The van der Waals surface area contributed by atoms with Gasteiger partial charge in [0.1, 0.15) is 5.82 Å². The third kappa shape index (κ3) is 4.26. The van der Waals surface area contributed by atoms with Gasteiger partial charge in [-0.25, -0.2) is 21.8 Å². The van der Waals surface area contributed by atoms with E-state index in [1.54, 1.807) is 7.05 Å². The first-order chi connectivity index (χ1) is 12.8. The first-order valence-corrected chi connectivity index (χ1v) is 10.2. The summed E-state index contributed by atoms with van der Waals surface area (Å²) in [5, 5.41) is 4.56. The summed E-state index contributed by atoms with van der Waals surface area (Å²) in [6.45, 7) is 4.04. The lowest BCUT2D eigenvalue weighted by atomic mass is 10.2. The van der Waals surface area contributed by atoms with Crippen molar-refractivity contribution in [1.29, 1.82) is 0 Å². The van der Waals surface area contributed by atoms with E-state index in [1.165, 1.54) is 28.6 Å². The van der Waals surface area contributed by atoms with Crippen LogP contribution in [0.4, 0.5) is 4.39 Å². The fraction of sp³-hybridized carbons (Fsp3) is 0.250. The SMILES string of the molecule is Cc1nn(-c2ccccc2)c(C)c1CN(C)S(=O)(=O)Cc1ccc(F)cc1. The average molecular weight is 387 g/mol. The third-order valence-electron chi connectivity index (χ3n) is 4.56. The molecule has 0 aliphatic carbocycles. The Balaban J connectivity index is 1.82. The van der Waals surface area contributed by atoms with Gasteiger partial charge >= 0.3 is 0 Å². The molecule has 0 fully saturated rings. The second-order valence-corrected chi connectivity index (χ2v) is 8.61. The highest BCUT2D eigenvalue weighted by atomic mass is 32.2. The largest absolute Gasteiger partial charge is 0.238 e. The summed E-state index contributed by atoms with van der Waals surface area (Å²) in [6.07, 6.45) is 0. The predicted octanol–water partition coefficient (Wildman–Crippen LogP) is 3.59. The van der Waals surface area contributed by atoms with Crippen molar-refractivity contribution in [2.75, 3.05) is 7.05 Å². The molecule has 3 rings (SSSR count). The van der Waals surface area contributed by atoms with Crippen molar-refractivity contribution in [1.82, 2.24) is 14.1 Å². The van der Waals surface area contributed by atoms with Crippen molar-refractivity contribution >= 4 is 10.0 Å². The minimum absolute atomic E-state index is 0.172. The van der Waals surface area contributed by atoms with Gasteiger partial charge in [0.05, 0.1) is 17.1 Å². The van der Waals surface area contributed by atoms with Gasteiger partial charge in [0.2, 0.25) is 10.0 Å². The van der Waals surface area contributed by atoms with Gasteiger partial charge in [-0.1, -0.05) is 30.3 Å². The molecule has 0 amide bonds. The lowest BCUT2D eigenvalue weighted by molar-refractivity contribution is 0.464. The monoisotopic (exact) mass is 387 g/mol. The zero-order valence-electron chi connectivity index (χ0n) is 15.6. The molecule has 0 radical (unpaired) electrons. The summed E-state index contributed by atoms with van der Waals surface area (Å²) in [5.74, 6) is -0.557. The molecule has 7 heteroatoms. The maximum Gasteiger partial charge on any atom is 0.218 e. The van der Waals surface area contributed by atoms with Crippen LogP contribution in [-0.4, -0.2) is 29.6 Å². The molecule has 0 saturated heterocycles. The standard InChI is InChI=1S/C20H22FN3O2S/c1-15-20(16(2)24(22-15)19-7-5-4-6-8-19)13-23(3)27(25,26)14-17-9-11-18(21)12-10-17/h4-12H,13-14H2,1-3H3. The topological polar surface area (TPSA) is 55.2 Å². The van der Waals surface area contributed by atoms with Gasteiger partial charge in [0.25, 0.3) is 0 Å². The molecular weight excluding hydrogens is 365 g/mol. The van der Waals surface area contributed by atoms with E-state index in [9.17, 15) is 12.8 Å². The second kappa shape index (κ2) is 7.62. The van der Waals surface area contributed by atoms with E-state index < -0.39 is 10.0 Å². The van der Waals surface area contributed by atoms with Gasteiger partial charge in [0.15, 0.2) is 0 Å². The lowest BCUT2D eigenvalue weighted by Gasteiger charge is -2.17. The third-order valence-corrected chi connectivity index (χ3v) is 6.34. The Hall–Kier alpha value is -2.51. The molecule has 27 heavy (non-hydrogen) atoms. The Morgan fingerprint density at radius 3 is 2.30 bits per heavy atom. The maximum atomic E-state index is 13.0. The Labute approximate surface area is 159 Å².